The Balaban J connectivity index is 1.48. The van der Waals surface area contributed by atoms with Gasteiger partial charge in [-0.25, -0.2) is 4.98 Å². The maximum absolute atomic E-state index is 5.08. The number of hydrogen-bond donors (Lipinski definition) is 0. The zero-order valence-electron chi connectivity index (χ0n) is 21.5. The van der Waals surface area contributed by atoms with Gasteiger partial charge >= 0.3 is 0 Å². The van der Waals surface area contributed by atoms with Crippen LogP contribution in [0.5, 0.6) is 0 Å². The van der Waals surface area contributed by atoms with Crippen LogP contribution in [-0.4, -0.2) is 18.9 Å². The van der Waals surface area contributed by atoms with E-state index in [1.807, 2.05) is 18.3 Å². The summed E-state index contributed by atoms with van der Waals surface area (Å²) < 4.78 is 4.72. The van der Waals surface area contributed by atoms with E-state index in [1.54, 1.807) is 0 Å². The monoisotopic (exact) mass is 510 g/mol. The normalized spacial score (nSPS) is 12.0. The molecule has 0 N–H and O–H groups in total. The number of fused-ring (bicyclic) bond motifs is 12. The molecular formula is C36H22N4. The van der Waals surface area contributed by atoms with Gasteiger partial charge in [0.1, 0.15) is 5.65 Å². The van der Waals surface area contributed by atoms with E-state index in [0.717, 1.165) is 39.0 Å². The predicted molar refractivity (Wildman–Crippen MR) is 165 cm³/mol. The highest BCUT2D eigenvalue weighted by Gasteiger charge is 2.20. The van der Waals surface area contributed by atoms with Gasteiger partial charge in [0.15, 0.2) is 0 Å². The summed E-state index contributed by atoms with van der Waals surface area (Å²) in [5.41, 5.74) is 9.84. The Bertz CT molecular complexity index is 2430. The first-order valence-electron chi connectivity index (χ1n) is 13.5. The van der Waals surface area contributed by atoms with Crippen LogP contribution in [0.3, 0.4) is 0 Å². The molecule has 0 amide bonds. The minimum Gasteiger partial charge on any atom is -0.309 e. The Labute approximate surface area is 229 Å². The van der Waals surface area contributed by atoms with Crippen molar-refractivity contribution in [3.05, 3.63) is 134 Å². The third kappa shape index (κ3) is 2.85. The van der Waals surface area contributed by atoms with Crippen molar-refractivity contribution in [1.82, 2.24) is 18.9 Å². The zero-order chi connectivity index (χ0) is 26.2. The Morgan fingerprint density at radius 1 is 0.500 bits per heavy atom. The van der Waals surface area contributed by atoms with E-state index in [-0.39, 0.29) is 0 Å². The summed E-state index contributed by atoms with van der Waals surface area (Å²) in [4.78, 5) is 9.68. The van der Waals surface area contributed by atoms with Gasteiger partial charge in [-0.15, -0.1) is 0 Å². The molecule has 0 atom stereocenters. The van der Waals surface area contributed by atoms with Crippen LogP contribution in [0.1, 0.15) is 0 Å². The van der Waals surface area contributed by atoms with Crippen LogP contribution in [0.15, 0.2) is 134 Å². The molecule has 4 aromatic heterocycles. The van der Waals surface area contributed by atoms with Crippen molar-refractivity contribution in [1.29, 1.82) is 0 Å². The average Bonchev–Trinajstić information content (AvgIpc) is 3.58. The third-order valence-electron chi connectivity index (χ3n) is 8.12. The zero-order valence-corrected chi connectivity index (χ0v) is 21.5. The molecule has 4 heteroatoms. The number of para-hydroxylation sites is 3. The molecule has 0 spiro atoms. The fourth-order valence-corrected chi connectivity index (χ4v) is 6.47. The van der Waals surface area contributed by atoms with Gasteiger partial charge in [0.05, 0.1) is 33.3 Å². The van der Waals surface area contributed by atoms with E-state index >= 15 is 0 Å². The van der Waals surface area contributed by atoms with Crippen LogP contribution >= 0.6 is 0 Å². The minimum absolute atomic E-state index is 0.968. The molecule has 186 valence electrons. The molecule has 5 aromatic carbocycles. The standard InChI is InChI=1S/C36H22N4/c1-2-13-26-25(12-1)34-33(40-31-18-6-4-16-29(31)38-36(26)40)20-19-32-35(34)27-14-3-5-17-30(27)39(32)24-11-9-10-23(22-24)28-15-7-8-21-37-28/h1-22H. The molecular weight excluding hydrogens is 488 g/mol. The summed E-state index contributed by atoms with van der Waals surface area (Å²) in [5, 5.41) is 6.12. The molecule has 4 nitrogen and oxygen atoms in total. The van der Waals surface area contributed by atoms with E-state index in [1.165, 1.54) is 38.1 Å². The molecule has 0 aliphatic rings. The molecule has 0 unspecified atom stereocenters. The van der Waals surface area contributed by atoms with Gasteiger partial charge in [-0.1, -0.05) is 72.8 Å². The fraction of sp³-hybridized carbons (Fsp3) is 0. The van der Waals surface area contributed by atoms with Gasteiger partial charge < -0.3 is 4.57 Å². The van der Waals surface area contributed by atoms with Gasteiger partial charge in [0.25, 0.3) is 0 Å². The maximum atomic E-state index is 5.08. The highest BCUT2D eigenvalue weighted by Crippen LogP contribution is 2.41. The Morgan fingerprint density at radius 3 is 2.10 bits per heavy atom. The highest BCUT2D eigenvalue weighted by atomic mass is 15.0. The molecule has 0 bridgehead atoms. The molecule has 0 radical (unpaired) electrons. The van der Waals surface area contributed by atoms with Crippen molar-refractivity contribution in [2.45, 2.75) is 0 Å². The van der Waals surface area contributed by atoms with Gasteiger partial charge in [-0.3, -0.25) is 9.38 Å². The summed E-state index contributed by atoms with van der Waals surface area (Å²) in [5.74, 6) is 0. The Morgan fingerprint density at radius 2 is 1.23 bits per heavy atom. The van der Waals surface area contributed by atoms with Crippen molar-refractivity contribution in [2.75, 3.05) is 0 Å². The number of imidazole rings is 1. The second-order valence-corrected chi connectivity index (χ2v) is 10.3. The lowest BCUT2D eigenvalue weighted by molar-refractivity contribution is 1.18. The Hall–Kier alpha value is -5.48. The second-order valence-electron chi connectivity index (χ2n) is 10.3. The first-order chi connectivity index (χ1) is 19.9. The van der Waals surface area contributed by atoms with Crippen molar-refractivity contribution >= 4 is 60.2 Å². The fourth-order valence-electron chi connectivity index (χ4n) is 6.47. The van der Waals surface area contributed by atoms with Gasteiger partial charge in [-0.2, -0.15) is 0 Å². The van der Waals surface area contributed by atoms with E-state index < -0.39 is 0 Å². The van der Waals surface area contributed by atoms with Crippen LogP contribution < -0.4 is 0 Å². The lowest BCUT2D eigenvalue weighted by Gasteiger charge is -2.12. The number of nitrogens with zero attached hydrogens (tertiary/aromatic N) is 4. The third-order valence-corrected chi connectivity index (χ3v) is 8.12. The van der Waals surface area contributed by atoms with E-state index in [0.29, 0.717) is 0 Å². The molecule has 0 aliphatic heterocycles. The number of rotatable bonds is 2. The lowest BCUT2D eigenvalue weighted by Crippen LogP contribution is -1.96. The highest BCUT2D eigenvalue weighted by molar-refractivity contribution is 6.29. The number of benzene rings is 5. The molecule has 0 aliphatic carbocycles. The quantitative estimate of drug-likeness (QED) is 0.218. The smallest absolute Gasteiger partial charge is 0.146 e. The topological polar surface area (TPSA) is 35.1 Å². The molecule has 4 heterocycles. The SMILES string of the molecule is c1ccc(-c2cccc(-n3c4ccccc4c4c5c6ccccc6c6nc7ccccc7n6c5ccc43)c2)nc1. The van der Waals surface area contributed by atoms with Crippen LogP contribution in [0.2, 0.25) is 0 Å². The van der Waals surface area contributed by atoms with Crippen molar-refractivity contribution in [3.63, 3.8) is 0 Å². The molecule has 0 saturated heterocycles. The molecule has 0 fully saturated rings. The molecule has 9 rings (SSSR count). The van der Waals surface area contributed by atoms with Gasteiger partial charge in [0.2, 0.25) is 0 Å². The molecule has 0 saturated carbocycles. The van der Waals surface area contributed by atoms with Gasteiger partial charge in [-0.05, 0) is 60.0 Å². The first kappa shape index (κ1) is 21.5. The average molecular weight is 511 g/mol. The summed E-state index contributed by atoms with van der Waals surface area (Å²) in [6.07, 6.45) is 1.85. The summed E-state index contributed by atoms with van der Waals surface area (Å²) in [7, 11) is 0. The minimum atomic E-state index is 0.968. The van der Waals surface area contributed by atoms with E-state index in [9.17, 15) is 0 Å². The Kier molecular flexibility index (Phi) is 4.30. The lowest BCUT2D eigenvalue weighted by atomic mass is 10.0. The largest absolute Gasteiger partial charge is 0.309 e. The van der Waals surface area contributed by atoms with Crippen LogP contribution in [0.4, 0.5) is 0 Å². The number of pyridine rings is 2. The second kappa shape index (κ2) is 8.01. The predicted octanol–water partition coefficient (Wildman–Crippen LogP) is 8.95. The van der Waals surface area contributed by atoms with Crippen LogP contribution in [0, 0.1) is 0 Å². The van der Waals surface area contributed by atoms with Crippen molar-refractivity contribution < 1.29 is 0 Å². The van der Waals surface area contributed by atoms with Crippen LogP contribution in [0.25, 0.3) is 77.1 Å². The first-order valence-corrected chi connectivity index (χ1v) is 13.5. The summed E-state index contributed by atoms with van der Waals surface area (Å²) >= 11 is 0. The summed E-state index contributed by atoms with van der Waals surface area (Å²) in [6.45, 7) is 0. The van der Waals surface area contributed by atoms with Crippen molar-refractivity contribution in [2.24, 2.45) is 0 Å². The number of aromatic nitrogens is 4. The van der Waals surface area contributed by atoms with Crippen molar-refractivity contribution in [3.8, 4) is 16.9 Å². The van der Waals surface area contributed by atoms with E-state index in [2.05, 4.69) is 129 Å². The molecule has 40 heavy (non-hydrogen) atoms. The number of hydrogen-bond acceptors (Lipinski definition) is 2. The van der Waals surface area contributed by atoms with Gasteiger partial charge in [0, 0.05) is 39.0 Å². The molecule has 9 aromatic rings. The summed E-state index contributed by atoms with van der Waals surface area (Å²) in [6, 6.07) is 45.1. The van der Waals surface area contributed by atoms with Crippen LogP contribution in [-0.2, 0) is 0 Å². The van der Waals surface area contributed by atoms with E-state index in [4.69, 9.17) is 4.98 Å². The maximum Gasteiger partial charge on any atom is 0.146 e.